The Balaban J connectivity index is 1.77. The van der Waals surface area contributed by atoms with Crippen LogP contribution in [0.25, 0.3) is 0 Å². The molecule has 28 heavy (non-hydrogen) atoms. The Morgan fingerprint density at radius 2 is 1.61 bits per heavy atom. The smallest absolute Gasteiger partial charge is 0.129 e. The van der Waals surface area contributed by atoms with Crippen molar-refractivity contribution in [2.75, 3.05) is 0 Å². The average Bonchev–Trinajstić information content (AvgIpc) is 2.64. The minimum Gasteiger partial charge on any atom is -0.207 e. The maximum atomic E-state index is 14.3. The Bertz CT molecular complexity index is 868. The molecule has 0 amide bonds. The molecule has 0 bridgehead atoms. The third-order valence-corrected chi connectivity index (χ3v) is 6.67. The van der Waals surface area contributed by atoms with Crippen molar-refractivity contribution in [1.82, 2.24) is 0 Å². The summed E-state index contributed by atoms with van der Waals surface area (Å²) in [4.78, 5) is 0. The number of rotatable bonds is 4. The van der Waals surface area contributed by atoms with Gasteiger partial charge in [-0.15, -0.1) is 6.58 Å². The summed E-state index contributed by atoms with van der Waals surface area (Å²) < 4.78 is 56.2. The Labute approximate surface area is 163 Å². The molecule has 0 spiro atoms. The Kier molecular flexibility index (Phi) is 5.31. The molecule has 2 aromatic rings. The highest BCUT2D eigenvalue weighted by Gasteiger charge is 2.43. The quantitative estimate of drug-likeness (QED) is 0.389. The van der Waals surface area contributed by atoms with Gasteiger partial charge < -0.3 is 0 Å². The molecule has 0 nitrogen and oxygen atoms in total. The van der Waals surface area contributed by atoms with Crippen molar-refractivity contribution < 1.29 is 17.6 Å². The third kappa shape index (κ3) is 3.49. The van der Waals surface area contributed by atoms with Crippen molar-refractivity contribution in [3.05, 3.63) is 82.9 Å². The van der Waals surface area contributed by atoms with Crippen LogP contribution in [-0.4, -0.2) is 0 Å². The van der Waals surface area contributed by atoms with Crippen LogP contribution in [0.2, 0.25) is 0 Å². The first kappa shape index (κ1) is 19.2. The number of halogens is 4. The highest BCUT2D eigenvalue weighted by atomic mass is 19.1. The van der Waals surface area contributed by atoms with Gasteiger partial charge in [0.1, 0.15) is 23.3 Å². The summed E-state index contributed by atoms with van der Waals surface area (Å²) in [6, 6.07) is 6.16. The zero-order chi connectivity index (χ0) is 19.8. The molecule has 0 aliphatic heterocycles. The molecule has 2 aliphatic rings. The molecule has 0 aromatic heterocycles. The van der Waals surface area contributed by atoms with Crippen LogP contribution in [0, 0.1) is 35.1 Å². The van der Waals surface area contributed by atoms with Crippen molar-refractivity contribution in [1.29, 1.82) is 0 Å². The molecule has 2 aliphatic carbocycles. The van der Waals surface area contributed by atoms with Crippen LogP contribution in [0.5, 0.6) is 0 Å². The van der Waals surface area contributed by atoms with Gasteiger partial charge in [0, 0.05) is 12.1 Å². The van der Waals surface area contributed by atoms with E-state index in [-0.39, 0.29) is 23.7 Å². The predicted molar refractivity (Wildman–Crippen MR) is 102 cm³/mol. The van der Waals surface area contributed by atoms with E-state index in [0.29, 0.717) is 17.5 Å². The summed E-state index contributed by atoms with van der Waals surface area (Å²) in [5.74, 6) is -1.79. The molecule has 4 rings (SSSR count). The van der Waals surface area contributed by atoms with E-state index in [1.54, 1.807) is 0 Å². The van der Waals surface area contributed by atoms with Gasteiger partial charge >= 0.3 is 0 Å². The number of benzene rings is 2. The lowest BCUT2D eigenvalue weighted by molar-refractivity contribution is 0.160. The van der Waals surface area contributed by atoms with E-state index in [1.807, 2.05) is 6.08 Å². The molecule has 0 radical (unpaired) electrons. The molecule has 1 fully saturated rings. The largest absolute Gasteiger partial charge is 0.207 e. The summed E-state index contributed by atoms with van der Waals surface area (Å²) in [6.45, 7) is 3.80. The predicted octanol–water partition coefficient (Wildman–Crippen LogP) is 7.05. The maximum Gasteiger partial charge on any atom is 0.129 e. The fraction of sp³-hybridized carbons (Fsp3) is 0.417. The van der Waals surface area contributed by atoms with Crippen molar-refractivity contribution >= 4 is 0 Å². The summed E-state index contributed by atoms with van der Waals surface area (Å²) in [5.41, 5.74) is 2.02. The monoisotopic (exact) mass is 388 g/mol. The van der Waals surface area contributed by atoms with E-state index in [4.69, 9.17) is 0 Å². The first-order chi connectivity index (χ1) is 13.5. The second-order valence-corrected chi connectivity index (χ2v) is 8.20. The Morgan fingerprint density at radius 1 is 0.893 bits per heavy atom. The maximum absolute atomic E-state index is 14.3. The number of fused-ring (bicyclic) bond motifs is 3. The summed E-state index contributed by atoms with van der Waals surface area (Å²) in [6.07, 6.45) is 6.61. The number of hydrogen-bond acceptors (Lipinski definition) is 0. The Hall–Kier alpha value is -2.10. The van der Waals surface area contributed by atoms with Crippen molar-refractivity contribution in [3.8, 4) is 0 Å². The highest BCUT2D eigenvalue weighted by Crippen LogP contribution is 2.55. The fourth-order valence-corrected chi connectivity index (χ4v) is 5.63. The van der Waals surface area contributed by atoms with Crippen LogP contribution < -0.4 is 0 Å². The summed E-state index contributed by atoms with van der Waals surface area (Å²) >= 11 is 0. The Morgan fingerprint density at radius 3 is 2.32 bits per heavy atom. The second kappa shape index (κ2) is 7.73. The van der Waals surface area contributed by atoms with Crippen LogP contribution >= 0.6 is 0 Å². The van der Waals surface area contributed by atoms with Gasteiger partial charge in [0.15, 0.2) is 0 Å². The second-order valence-electron chi connectivity index (χ2n) is 8.20. The van der Waals surface area contributed by atoms with Crippen LogP contribution in [0.15, 0.2) is 43.0 Å². The third-order valence-electron chi connectivity index (χ3n) is 6.67. The molecule has 148 valence electrons. The van der Waals surface area contributed by atoms with Crippen molar-refractivity contribution in [2.24, 2.45) is 11.8 Å². The number of allylic oxidation sites excluding steroid dienone is 1. The molecule has 0 N–H and O–H groups in total. The van der Waals surface area contributed by atoms with Gasteiger partial charge in [0.2, 0.25) is 0 Å². The van der Waals surface area contributed by atoms with Crippen LogP contribution in [0.1, 0.15) is 60.6 Å². The van der Waals surface area contributed by atoms with Crippen LogP contribution in [-0.2, 0) is 6.42 Å². The zero-order valence-corrected chi connectivity index (χ0v) is 15.7. The fourth-order valence-electron chi connectivity index (χ4n) is 5.63. The minimum absolute atomic E-state index is 0.0188. The van der Waals surface area contributed by atoms with E-state index in [0.717, 1.165) is 49.8 Å². The van der Waals surface area contributed by atoms with Gasteiger partial charge in [0.05, 0.1) is 0 Å². The van der Waals surface area contributed by atoms with Crippen molar-refractivity contribution in [2.45, 2.75) is 50.4 Å². The SMILES string of the molecule is C=CCCC1CCC2c3cc(F)cc(F)c3CCC2C1c1cc(F)cc(F)c1. The topological polar surface area (TPSA) is 0 Å². The molecule has 2 aromatic carbocycles. The van der Waals surface area contributed by atoms with Gasteiger partial charge in [-0.2, -0.15) is 0 Å². The lowest BCUT2D eigenvalue weighted by atomic mass is 9.57. The van der Waals surface area contributed by atoms with E-state index in [1.165, 1.54) is 18.2 Å². The molecule has 4 atom stereocenters. The molecule has 1 saturated carbocycles. The van der Waals surface area contributed by atoms with Gasteiger partial charge in [0.25, 0.3) is 0 Å². The van der Waals surface area contributed by atoms with Crippen LogP contribution in [0.4, 0.5) is 17.6 Å². The van der Waals surface area contributed by atoms with E-state index in [9.17, 15) is 17.6 Å². The number of hydrogen-bond donors (Lipinski definition) is 0. The average molecular weight is 388 g/mol. The zero-order valence-electron chi connectivity index (χ0n) is 15.7. The van der Waals surface area contributed by atoms with Gasteiger partial charge in [-0.3, -0.25) is 0 Å². The van der Waals surface area contributed by atoms with Gasteiger partial charge in [-0.05, 0) is 97.1 Å². The summed E-state index contributed by atoms with van der Waals surface area (Å²) in [5, 5.41) is 0. The summed E-state index contributed by atoms with van der Waals surface area (Å²) in [7, 11) is 0. The van der Waals surface area contributed by atoms with Gasteiger partial charge in [-0.25, -0.2) is 17.6 Å². The van der Waals surface area contributed by atoms with Crippen molar-refractivity contribution in [3.63, 3.8) is 0 Å². The van der Waals surface area contributed by atoms with E-state index < -0.39 is 23.3 Å². The molecule has 0 saturated heterocycles. The lowest BCUT2D eigenvalue weighted by Gasteiger charge is -2.47. The van der Waals surface area contributed by atoms with Gasteiger partial charge in [-0.1, -0.05) is 6.08 Å². The first-order valence-electron chi connectivity index (χ1n) is 10.0. The van der Waals surface area contributed by atoms with E-state index in [2.05, 4.69) is 6.58 Å². The normalized spacial score (nSPS) is 26.4. The molecule has 4 heteroatoms. The lowest BCUT2D eigenvalue weighted by Crippen LogP contribution is -2.35. The highest BCUT2D eigenvalue weighted by molar-refractivity contribution is 5.38. The molecule has 4 unspecified atom stereocenters. The standard InChI is InChI=1S/C24H24F4/c1-2-3-4-14-5-6-19-21(24(14)15-9-16(25)11-17(26)10-15)8-7-20-22(19)12-18(27)13-23(20)28/h2,9-14,19,21,24H,1,3-8H2. The molecular weight excluding hydrogens is 364 g/mol. The van der Waals surface area contributed by atoms with Crippen LogP contribution in [0.3, 0.4) is 0 Å². The molecular formula is C24H24F4. The first-order valence-corrected chi connectivity index (χ1v) is 10.0. The van der Waals surface area contributed by atoms with E-state index >= 15 is 0 Å². The molecule has 0 heterocycles. The minimum atomic E-state index is -0.576.